The second kappa shape index (κ2) is 6.55. The van der Waals surface area contributed by atoms with E-state index in [1.165, 1.54) is 48.7 Å². The van der Waals surface area contributed by atoms with E-state index < -0.39 is 0 Å². The summed E-state index contributed by atoms with van der Waals surface area (Å²) in [7, 11) is 0. The number of hydrogen-bond donors (Lipinski definition) is 1. The minimum Gasteiger partial charge on any atom is -0.314 e. The van der Waals surface area contributed by atoms with Crippen LogP contribution in [0.4, 0.5) is 0 Å². The van der Waals surface area contributed by atoms with E-state index in [4.69, 9.17) is 0 Å². The van der Waals surface area contributed by atoms with E-state index in [0.29, 0.717) is 0 Å². The average molecular weight is 296 g/mol. The Balaban J connectivity index is 1.86. The van der Waals surface area contributed by atoms with E-state index in [1.54, 1.807) is 0 Å². The van der Waals surface area contributed by atoms with Crippen LogP contribution in [-0.2, 0) is 6.42 Å². The fourth-order valence-electron chi connectivity index (χ4n) is 2.30. The van der Waals surface area contributed by atoms with E-state index >= 15 is 0 Å². The Labute approximate surface area is 113 Å². The van der Waals surface area contributed by atoms with Crippen molar-refractivity contribution in [1.29, 1.82) is 0 Å². The van der Waals surface area contributed by atoms with E-state index in [9.17, 15) is 0 Å². The maximum absolute atomic E-state index is 3.66. The number of benzene rings is 1. The van der Waals surface area contributed by atoms with Crippen LogP contribution in [0.1, 0.15) is 38.2 Å². The summed E-state index contributed by atoms with van der Waals surface area (Å²) in [6.45, 7) is 3.47. The maximum Gasteiger partial charge on any atom is 0.0177 e. The van der Waals surface area contributed by atoms with Gasteiger partial charge in [-0.15, -0.1) is 0 Å². The highest BCUT2D eigenvalue weighted by Crippen LogP contribution is 2.21. The second-order valence-corrected chi connectivity index (χ2v) is 6.09. The Morgan fingerprint density at radius 1 is 1.41 bits per heavy atom. The van der Waals surface area contributed by atoms with Crippen LogP contribution in [0.25, 0.3) is 0 Å². The van der Waals surface area contributed by atoms with Gasteiger partial charge in [-0.2, -0.15) is 0 Å². The molecule has 0 bridgehead atoms. The fraction of sp³-hybridized carbons (Fsp3) is 0.600. The molecule has 1 aliphatic carbocycles. The minimum absolute atomic E-state index is 0.787. The summed E-state index contributed by atoms with van der Waals surface area (Å²) < 4.78 is 1.19. The fourth-order valence-corrected chi connectivity index (χ4v) is 2.75. The van der Waals surface area contributed by atoms with Crippen LogP contribution in [0.3, 0.4) is 0 Å². The minimum atomic E-state index is 0.787. The molecular weight excluding hydrogens is 274 g/mol. The molecule has 2 heteroatoms. The summed E-state index contributed by atoms with van der Waals surface area (Å²) in [4.78, 5) is 0. The van der Waals surface area contributed by atoms with Gasteiger partial charge >= 0.3 is 0 Å². The third-order valence-corrected chi connectivity index (χ3v) is 3.88. The van der Waals surface area contributed by atoms with Gasteiger partial charge in [0.1, 0.15) is 0 Å². The summed E-state index contributed by atoms with van der Waals surface area (Å²) in [5.74, 6) is 0.787. The molecule has 1 atom stereocenters. The van der Waals surface area contributed by atoms with Crippen molar-refractivity contribution < 1.29 is 0 Å². The van der Waals surface area contributed by atoms with Crippen molar-refractivity contribution in [2.75, 3.05) is 6.54 Å². The summed E-state index contributed by atoms with van der Waals surface area (Å²) in [6, 6.07) is 9.55. The zero-order valence-corrected chi connectivity index (χ0v) is 12.2. The molecule has 1 saturated carbocycles. The van der Waals surface area contributed by atoms with Gasteiger partial charge in [0, 0.05) is 10.5 Å². The van der Waals surface area contributed by atoms with Crippen LogP contribution >= 0.6 is 15.9 Å². The zero-order chi connectivity index (χ0) is 12.1. The van der Waals surface area contributed by atoms with Gasteiger partial charge in [0.25, 0.3) is 0 Å². The largest absolute Gasteiger partial charge is 0.314 e. The lowest BCUT2D eigenvalue weighted by atomic mass is 9.95. The highest BCUT2D eigenvalue weighted by Gasteiger charge is 2.21. The summed E-state index contributed by atoms with van der Waals surface area (Å²) >= 11 is 3.55. The molecule has 0 heterocycles. The quantitative estimate of drug-likeness (QED) is 0.796. The van der Waals surface area contributed by atoms with Crippen LogP contribution in [0, 0.1) is 5.92 Å². The molecule has 0 saturated heterocycles. The third kappa shape index (κ3) is 4.81. The van der Waals surface area contributed by atoms with Crippen LogP contribution in [0.2, 0.25) is 0 Å². The van der Waals surface area contributed by atoms with Gasteiger partial charge in [-0.25, -0.2) is 0 Å². The molecular formula is C15H22BrN. The zero-order valence-electron chi connectivity index (χ0n) is 10.6. The van der Waals surface area contributed by atoms with Gasteiger partial charge in [-0.05, 0) is 55.8 Å². The first-order valence-electron chi connectivity index (χ1n) is 6.75. The summed E-state index contributed by atoms with van der Waals surface area (Å²) in [5.41, 5.74) is 1.45. The standard InChI is InChI=1S/C15H22BrN/c1-2-4-13(11-17-15-7-8-15)9-12-5-3-6-14(16)10-12/h3,5-6,10,13,15,17H,2,4,7-9,11H2,1H3. The highest BCUT2D eigenvalue weighted by atomic mass is 79.9. The molecule has 1 unspecified atom stereocenters. The molecule has 0 aliphatic heterocycles. The Morgan fingerprint density at radius 2 is 2.24 bits per heavy atom. The highest BCUT2D eigenvalue weighted by molar-refractivity contribution is 9.10. The predicted octanol–water partition coefficient (Wildman–Crippen LogP) is 4.16. The first-order chi connectivity index (χ1) is 8.28. The average Bonchev–Trinajstić information content (AvgIpc) is 3.10. The molecule has 1 nitrogen and oxygen atoms in total. The lowest BCUT2D eigenvalue weighted by Crippen LogP contribution is -2.26. The van der Waals surface area contributed by atoms with Crippen molar-refractivity contribution >= 4 is 15.9 Å². The molecule has 1 aromatic carbocycles. The normalized spacial score (nSPS) is 17.1. The van der Waals surface area contributed by atoms with Crippen LogP contribution in [-0.4, -0.2) is 12.6 Å². The molecule has 0 spiro atoms. The van der Waals surface area contributed by atoms with Crippen molar-refractivity contribution in [3.63, 3.8) is 0 Å². The van der Waals surface area contributed by atoms with Gasteiger partial charge in [0.15, 0.2) is 0 Å². The van der Waals surface area contributed by atoms with Gasteiger partial charge in [-0.3, -0.25) is 0 Å². The molecule has 17 heavy (non-hydrogen) atoms. The van der Waals surface area contributed by atoms with Crippen molar-refractivity contribution in [3.05, 3.63) is 34.3 Å². The smallest absolute Gasteiger partial charge is 0.0177 e. The molecule has 0 radical (unpaired) electrons. The van der Waals surface area contributed by atoms with E-state index in [1.807, 2.05) is 0 Å². The third-order valence-electron chi connectivity index (χ3n) is 3.38. The Hall–Kier alpha value is -0.340. The summed E-state index contributed by atoms with van der Waals surface area (Å²) in [5, 5.41) is 3.66. The Bertz CT molecular complexity index is 347. The predicted molar refractivity (Wildman–Crippen MR) is 77.3 cm³/mol. The molecule has 94 valence electrons. The van der Waals surface area contributed by atoms with E-state index in [0.717, 1.165) is 12.0 Å². The lowest BCUT2D eigenvalue weighted by Gasteiger charge is -2.17. The number of nitrogens with one attached hydrogen (secondary N) is 1. The Morgan fingerprint density at radius 3 is 2.88 bits per heavy atom. The molecule has 1 aromatic rings. The van der Waals surface area contributed by atoms with Crippen LogP contribution in [0.15, 0.2) is 28.7 Å². The van der Waals surface area contributed by atoms with Crippen molar-refractivity contribution in [1.82, 2.24) is 5.32 Å². The first-order valence-corrected chi connectivity index (χ1v) is 7.55. The maximum atomic E-state index is 3.66. The molecule has 2 rings (SSSR count). The van der Waals surface area contributed by atoms with Crippen LogP contribution in [0.5, 0.6) is 0 Å². The lowest BCUT2D eigenvalue weighted by molar-refractivity contribution is 0.437. The summed E-state index contributed by atoms with van der Waals surface area (Å²) in [6.07, 6.45) is 6.58. The number of halogens is 1. The van der Waals surface area contributed by atoms with Crippen LogP contribution < -0.4 is 5.32 Å². The van der Waals surface area contributed by atoms with E-state index in [-0.39, 0.29) is 0 Å². The number of hydrogen-bond acceptors (Lipinski definition) is 1. The second-order valence-electron chi connectivity index (χ2n) is 5.17. The van der Waals surface area contributed by atoms with Gasteiger partial charge in [-0.1, -0.05) is 41.4 Å². The monoisotopic (exact) mass is 295 g/mol. The van der Waals surface area contributed by atoms with Gasteiger partial charge in [0.2, 0.25) is 0 Å². The van der Waals surface area contributed by atoms with Crippen molar-refractivity contribution in [2.24, 2.45) is 5.92 Å². The molecule has 0 amide bonds. The topological polar surface area (TPSA) is 12.0 Å². The Kier molecular flexibility index (Phi) is 5.05. The van der Waals surface area contributed by atoms with Crippen molar-refractivity contribution in [2.45, 2.75) is 45.1 Å². The number of rotatable bonds is 7. The molecule has 1 fully saturated rings. The van der Waals surface area contributed by atoms with Gasteiger partial charge < -0.3 is 5.32 Å². The van der Waals surface area contributed by atoms with Gasteiger partial charge in [0.05, 0.1) is 0 Å². The molecule has 1 N–H and O–H groups in total. The van der Waals surface area contributed by atoms with E-state index in [2.05, 4.69) is 52.4 Å². The van der Waals surface area contributed by atoms with Crippen molar-refractivity contribution in [3.8, 4) is 0 Å². The molecule has 0 aromatic heterocycles. The molecule has 1 aliphatic rings. The first kappa shape index (κ1) is 13.1. The SMILES string of the molecule is CCCC(CNC1CC1)Cc1cccc(Br)c1.